The quantitative estimate of drug-likeness (QED) is 0.740. The predicted octanol–water partition coefficient (Wildman–Crippen LogP) is 0.379. The molecule has 92 valence electrons. The van der Waals surface area contributed by atoms with Crippen LogP contribution in [0.1, 0.15) is 10.4 Å². The third-order valence-electron chi connectivity index (χ3n) is 2.09. The minimum Gasteiger partial charge on any atom is -0.497 e. The van der Waals surface area contributed by atoms with Crippen molar-refractivity contribution >= 4 is 17.6 Å². The fraction of sp³-hybridized carbons (Fsp3) is 0.273. The first-order chi connectivity index (χ1) is 8.12. The topological polar surface area (TPSA) is 90.6 Å². The average molecular weight is 238 g/mol. The summed E-state index contributed by atoms with van der Waals surface area (Å²) in [5.74, 6) is -0.451. The molecular formula is C11H14N2O4. The summed E-state index contributed by atoms with van der Waals surface area (Å²) in [6.07, 6.45) is 0. The standard InChI is InChI=1S/C11H14N2O4/c1-16-7-3-4-9(13-10(14)6-12)8(5-7)11(15)17-2/h3-5H,6,12H2,1-2H3,(H,13,14). The highest BCUT2D eigenvalue weighted by Crippen LogP contribution is 2.22. The maximum atomic E-state index is 11.5. The molecule has 1 aromatic carbocycles. The summed E-state index contributed by atoms with van der Waals surface area (Å²) < 4.78 is 9.61. The lowest BCUT2D eigenvalue weighted by Crippen LogP contribution is -2.23. The third kappa shape index (κ3) is 3.18. The molecule has 3 N–H and O–H groups in total. The Labute approximate surface area is 98.7 Å². The van der Waals surface area contributed by atoms with Gasteiger partial charge in [0.15, 0.2) is 0 Å². The molecule has 0 saturated heterocycles. The van der Waals surface area contributed by atoms with Crippen molar-refractivity contribution in [2.75, 3.05) is 26.1 Å². The van der Waals surface area contributed by atoms with Gasteiger partial charge >= 0.3 is 5.97 Å². The molecule has 6 nitrogen and oxygen atoms in total. The molecule has 0 heterocycles. The third-order valence-corrected chi connectivity index (χ3v) is 2.09. The Balaban J connectivity index is 3.10. The van der Waals surface area contributed by atoms with E-state index >= 15 is 0 Å². The van der Waals surface area contributed by atoms with E-state index in [2.05, 4.69) is 10.1 Å². The molecule has 6 heteroatoms. The number of hydrogen-bond donors (Lipinski definition) is 2. The van der Waals surface area contributed by atoms with E-state index in [1.165, 1.54) is 20.3 Å². The van der Waals surface area contributed by atoms with Gasteiger partial charge in [0.05, 0.1) is 32.0 Å². The van der Waals surface area contributed by atoms with Crippen molar-refractivity contribution in [1.29, 1.82) is 0 Å². The van der Waals surface area contributed by atoms with Gasteiger partial charge in [0.2, 0.25) is 5.91 Å². The summed E-state index contributed by atoms with van der Waals surface area (Å²) >= 11 is 0. The average Bonchev–Trinajstić information content (AvgIpc) is 2.38. The molecule has 0 aliphatic carbocycles. The summed E-state index contributed by atoms with van der Waals surface area (Å²) in [6, 6.07) is 4.66. The first-order valence-electron chi connectivity index (χ1n) is 4.88. The van der Waals surface area contributed by atoms with Crippen LogP contribution in [0.4, 0.5) is 5.69 Å². The van der Waals surface area contributed by atoms with Crippen LogP contribution in [-0.4, -0.2) is 32.6 Å². The first kappa shape index (κ1) is 13.0. The summed E-state index contributed by atoms with van der Waals surface area (Å²) in [5.41, 5.74) is 5.74. The zero-order valence-corrected chi connectivity index (χ0v) is 9.65. The Morgan fingerprint density at radius 2 is 2.06 bits per heavy atom. The SMILES string of the molecule is COC(=O)c1cc(OC)ccc1NC(=O)CN. The summed E-state index contributed by atoms with van der Waals surface area (Å²) in [5, 5.41) is 2.51. The van der Waals surface area contributed by atoms with Crippen molar-refractivity contribution in [3.63, 3.8) is 0 Å². The minimum atomic E-state index is -0.559. The normalized spacial score (nSPS) is 9.59. The molecule has 0 atom stereocenters. The van der Waals surface area contributed by atoms with E-state index in [9.17, 15) is 9.59 Å². The smallest absolute Gasteiger partial charge is 0.340 e. The Kier molecular flexibility index (Phi) is 4.47. The Hall–Kier alpha value is -2.08. The summed E-state index contributed by atoms with van der Waals surface area (Å²) in [7, 11) is 2.74. The summed E-state index contributed by atoms with van der Waals surface area (Å²) in [4.78, 5) is 22.7. The lowest BCUT2D eigenvalue weighted by Gasteiger charge is -2.10. The van der Waals surface area contributed by atoms with Crippen LogP contribution in [0, 0.1) is 0 Å². The van der Waals surface area contributed by atoms with E-state index in [1.54, 1.807) is 12.1 Å². The highest BCUT2D eigenvalue weighted by molar-refractivity contribution is 6.02. The predicted molar refractivity (Wildman–Crippen MR) is 62.0 cm³/mol. The molecule has 1 aromatic rings. The van der Waals surface area contributed by atoms with Crippen LogP contribution in [0.15, 0.2) is 18.2 Å². The van der Waals surface area contributed by atoms with Crippen molar-refractivity contribution in [2.24, 2.45) is 5.73 Å². The molecule has 0 fully saturated rings. The fourth-order valence-corrected chi connectivity index (χ4v) is 1.24. The van der Waals surface area contributed by atoms with E-state index in [-0.39, 0.29) is 18.0 Å². The molecule has 1 rings (SSSR count). The highest BCUT2D eigenvalue weighted by atomic mass is 16.5. The number of carbonyl (C=O) groups excluding carboxylic acids is 2. The lowest BCUT2D eigenvalue weighted by molar-refractivity contribution is -0.114. The fourth-order valence-electron chi connectivity index (χ4n) is 1.24. The van der Waals surface area contributed by atoms with Crippen LogP contribution < -0.4 is 15.8 Å². The van der Waals surface area contributed by atoms with Gasteiger partial charge in [-0.15, -0.1) is 0 Å². The van der Waals surface area contributed by atoms with Crippen LogP contribution in [0.25, 0.3) is 0 Å². The number of hydrogen-bond acceptors (Lipinski definition) is 5. The van der Waals surface area contributed by atoms with Gasteiger partial charge in [0.1, 0.15) is 5.75 Å². The molecule has 0 spiro atoms. The minimum absolute atomic E-state index is 0.160. The molecular weight excluding hydrogens is 224 g/mol. The van der Waals surface area contributed by atoms with Crippen LogP contribution in [0.5, 0.6) is 5.75 Å². The van der Waals surface area contributed by atoms with Gasteiger partial charge in [-0.05, 0) is 18.2 Å². The van der Waals surface area contributed by atoms with Gasteiger partial charge in [0, 0.05) is 0 Å². The number of carbonyl (C=O) groups is 2. The molecule has 1 amide bonds. The number of nitrogens with two attached hydrogens (primary N) is 1. The molecule has 0 aromatic heterocycles. The zero-order valence-electron chi connectivity index (χ0n) is 9.65. The number of amides is 1. The van der Waals surface area contributed by atoms with Gasteiger partial charge in [-0.3, -0.25) is 4.79 Å². The molecule has 0 unspecified atom stereocenters. The number of anilines is 1. The van der Waals surface area contributed by atoms with Gasteiger partial charge < -0.3 is 20.5 Å². The first-order valence-corrected chi connectivity index (χ1v) is 4.88. The van der Waals surface area contributed by atoms with Crippen LogP contribution >= 0.6 is 0 Å². The second-order valence-corrected chi connectivity index (χ2v) is 3.16. The zero-order chi connectivity index (χ0) is 12.8. The van der Waals surface area contributed by atoms with E-state index in [4.69, 9.17) is 10.5 Å². The number of methoxy groups -OCH3 is 2. The monoisotopic (exact) mass is 238 g/mol. The molecule has 0 radical (unpaired) electrons. The molecule has 0 aliphatic rings. The van der Waals surface area contributed by atoms with E-state index in [0.717, 1.165) is 0 Å². The van der Waals surface area contributed by atoms with Crippen molar-refractivity contribution < 1.29 is 19.1 Å². The van der Waals surface area contributed by atoms with Crippen molar-refractivity contribution in [2.45, 2.75) is 0 Å². The number of benzene rings is 1. The number of nitrogens with one attached hydrogen (secondary N) is 1. The van der Waals surface area contributed by atoms with Crippen LogP contribution in [-0.2, 0) is 9.53 Å². The van der Waals surface area contributed by atoms with E-state index < -0.39 is 5.97 Å². The van der Waals surface area contributed by atoms with Crippen molar-refractivity contribution in [3.05, 3.63) is 23.8 Å². The second kappa shape index (κ2) is 5.86. The lowest BCUT2D eigenvalue weighted by atomic mass is 10.1. The van der Waals surface area contributed by atoms with Gasteiger partial charge in [-0.2, -0.15) is 0 Å². The maximum absolute atomic E-state index is 11.5. The van der Waals surface area contributed by atoms with Crippen molar-refractivity contribution in [1.82, 2.24) is 0 Å². The maximum Gasteiger partial charge on any atom is 0.340 e. The van der Waals surface area contributed by atoms with Crippen molar-refractivity contribution in [3.8, 4) is 5.75 Å². The van der Waals surface area contributed by atoms with Crippen LogP contribution in [0.3, 0.4) is 0 Å². The van der Waals surface area contributed by atoms with Gasteiger partial charge in [-0.25, -0.2) is 4.79 Å². The molecule has 17 heavy (non-hydrogen) atoms. The van der Waals surface area contributed by atoms with Gasteiger partial charge in [-0.1, -0.05) is 0 Å². The Bertz CT molecular complexity index is 431. The van der Waals surface area contributed by atoms with Crippen LogP contribution in [0.2, 0.25) is 0 Å². The number of ether oxygens (including phenoxy) is 2. The number of esters is 1. The largest absolute Gasteiger partial charge is 0.497 e. The van der Waals surface area contributed by atoms with E-state index in [1.807, 2.05) is 0 Å². The molecule has 0 aliphatic heterocycles. The molecule has 0 saturated carbocycles. The van der Waals surface area contributed by atoms with E-state index in [0.29, 0.717) is 11.4 Å². The second-order valence-electron chi connectivity index (χ2n) is 3.16. The molecule has 0 bridgehead atoms. The highest BCUT2D eigenvalue weighted by Gasteiger charge is 2.14. The van der Waals surface area contributed by atoms with Gasteiger partial charge in [0.25, 0.3) is 0 Å². The summed E-state index contributed by atoms with van der Waals surface area (Å²) in [6.45, 7) is -0.160. The number of rotatable bonds is 4. The Morgan fingerprint density at radius 3 is 2.59 bits per heavy atom. The Morgan fingerprint density at radius 1 is 1.35 bits per heavy atom.